The van der Waals surface area contributed by atoms with Crippen LogP contribution in [0.15, 0.2) is 24.3 Å². The van der Waals surface area contributed by atoms with Gasteiger partial charge in [-0.1, -0.05) is 102 Å². The van der Waals surface area contributed by atoms with Crippen molar-refractivity contribution in [3.63, 3.8) is 0 Å². The van der Waals surface area contributed by atoms with E-state index >= 15 is 0 Å². The Bertz CT molecular complexity index is 1010. The van der Waals surface area contributed by atoms with Crippen molar-refractivity contribution in [1.29, 1.82) is 0 Å². The molecule has 2 heterocycles. The molecule has 0 aliphatic carbocycles. The van der Waals surface area contributed by atoms with Crippen LogP contribution < -0.4 is 0 Å². The maximum atomic E-state index is 12.6. The predicted octanol–water partition coefficient (Wildman–Crippen LogP) is 3.73. The van der Waals surface area contributed by atoms with Crippen molar-refractivity contribution in [3.05, 3.63) is 24.3 Å². The minimum atomic E-state index is -1.70. The van der Waals surface area contributed by atoms with Crippen molar-refractivity contribution >= 4 is 5.97 Å². The van der Waals surface area contributed by atoms with E-state index in [4.69, 9.17) is 28.4 Å². The molecule has 0 aromatic rings. The molecule has 0 spiro atoms. The lowest BCUT2D eigenvalue weighted by atomic mass is 9.98. The number of aliphatic hydroxyl groups is 7. The van der Waals surface area contributed by atoms with Gasteiger partial charge in [-0.2, -0.15) is 0 Å². The Morgan fingerprint density at radius 1 is 0.600 bits per heavy atom. The lowest BCUT2D eigenvalue weighted by Crippen LogP contribution is -2.61. The molecule has 2 aliphatic heterocycles. The number of hydrogen-bond acceptors (Lipinski definition) is 14. The smallest absolute Gasteiger partial charge is 0.306 e. The van der Waals surface area contributed by atoms with Crippen LogP contribution in [0.2, 0.25) is 0 Å². The number of carbonyl (C=O) groups excluding carboxylic acids is 1. The van der Waals surface area contributed by atoms with E-state index in [-0.39, 0.29) is 19.6 Å². The Balaban J connectivity index is 1.71. The fourth-order valence-corrected chi connectivity index (χ4v) is 6.43. The molecule has 0 radical (unpaired) electrons. The van der Waals surface area contributed by atoms with Gasteiger partial charge in [0.05, 0.1) is 26.4 Å². The summed E-state index contributed by atoms with van der Waals surface area (Å²) in [7, 11) is 0. The highest BCUT2D eigenvalue weighted by Crippen LogP contribution is 2.26. The van der Waals surface area contributed by atoms with Gasteiger partial charge < -0.3 is 64.2 Å². The SMILES string of the molecule is CCCCC/C=C\C/C=C\CCCCCCCCCCOCC(COC1OC(COC2OC(CO)C(O)C(O)C2O)C(O)C(O)C1O)OC(=O)CCCCC. The average Bonchev–Trinajstić information content (AvgIpc) is 3.18. The molecule has 11 atom stereocenters. The van der Waals surface area contributed by atoms with Crippen LogP contribution in [0.3, 0.4) is 0 Å². The number of aliphatic hydroxyl groups excluding tert-OH is 7. The fraction of sp³-hybridized carbons (Fsp3) is 0.878. The van der Waals surface area contributed by atoms with Crippen molar-refractivity contribution in [2.24, 2.45) is 0 Å². The van der Waals surface area contributed by atoms with Gasteiger partial charge in [-0.05, 0) is 44.9 Å². The Labute approximate surface area is 328 Å². The van der Waals surface area contributed by atoms with E-state index in [1.54, 1.807) is 0 Å². The highest BCUT2D eigenvalue weighted by atomic mass is 16.7. The Morgan fingerprint density at radius 2 is 1.13 bits per heavy atom. The van der Waals surface area contributed by atoms with E-state index in [0.717, 1.165) is 44.9 Å². The summed E-state index contributed by atoms with van der Waals surface area (Å²) in [6, 6.07) is 0. The number of carbonyl (C=O) groups is 1. The van der Waals surface area contributed by atoms with Crippen LogP contribution in [0.25, 0.3) is 0 Å². The zero-order chi connectivity index (χ0) is 40.3. The summed E-state index contributed by atoms with van der Waals surface area (Å²) in [5.41, 5.74) is 0. The minimum absolute atomic E-state index is 0.0564. The number of ether oxygens (including phenoxy) is 6. The van der Waals surface area contributed by atoms with E-state index < -0.39 is 86.7 Å². The van der Waals surface area contributed by atoms with Crippen LogP contribution in [-0.2, 0) is 33.2 Å². The van der Waals surface area contributed by atoms with Gasteiger partial charge in [0.2, 0.25) is 0 Å². The van der Waals surface area contributed by atoms with Gasteiger partial charge in [-0.25, -0.2) is 0 Å². The maximum Gasteiger partial charge on any atom is 0.306 e. The first-order valence-corrected chi connectivity index (χ1v) is 20.9. The molecule has 322 valence electrons. The molecule has 14 nitrogen and oxygen atoms in total. The van der Waals surface area contributed by atoms with E-state index in [9.17, 15) is 40.5 Å². The van der Waals surface area contributed by atoms with Crippen LogP contribution >= 0.6 is 0 Å². The first-order valence-electron chi connectivity index (χ1n) is 20.9. The topological polar surface area (TPSA) is 214 Å². The number of esters is 1. The third-order valence-corrected chi connectivity index (χ3v) is 9.96. The molecule has 0 amide bonds. The third kappa shape index (κ3) is 20.1. The molecule has 55 heavy (non-hydrogen) atoms. The van der Waals surface area contributed by atoms with Gasteiger partial charge in [0.1, 0.15) is 54.9 Å². The summed E-state index contributed by atoms with van der Waals surface area (Å²) in [5.74, 6) is -0.404. The first kappa shape index (κ1) is 49.6. The normalized spacial score (nSPS) is 29.3. The van der Waals surface area contributed by atoms with Gasteiger partial charge >= 0.3 is 5.97 Å². The Kier molecular flexibility index (Phi) is 27.5. The number of allylic oxidation sites excluding steroid dienone is 4. The van der Waals surface area contributed by atoms with Crippen molar-refractivity contribution < 1.29 is 69.0 Å². The summed E-state index contributed by atoms with van der Waals surface area (Å²) in [5, 5.41) is 71.4. The monoisotopic (exact) mass is 791 g/mol. The van der Waals surface area contributed by atoms with Crippen molar-refractivity contribution in [2.75, 3.05) is 33.0 Å². The van der Waals surface area contributed by atoms with Crippen molar-refractivity contribution in [1.82, 2.24) is 0 Å². The molecular formula is C41H74O14. The number of hydrogen-bond donors (Lipinski definition) is 7. The van der Waals surface area contributed by atoms with E-state index in [1.807, 2.05) is 6.92 Å². The zero-order valence-electron chi connectivity index (χ0n) is 33.4. The molecule has 2 rings (SSSR count). The summed E-state index contributed by atoms with van der Waals surface area (Å²) in [4.78, 5) is 12.6. The lowest BCUT2D eigenvalue weighted by molar-refractivity contribution is -0.332. The summed E-state index contributed by atoms with van der Waals surface area (Å²) < 4.78 is 33.7. The summed E-state index contributed by atoms with van der Waals surface area (Å²) in [6.07, 6.45) is 12.1. The second-order valence-electron chi connectivity index (χ2n) is 14.8. The Morgan fingerprint density at radius 3 is 1.75 bits per heavy atom. The molecular weight excluding hydrogens is 716 g/mol. The molecule has 7 N–H and O–H groups in total. The second kappa shape index (κ2) is 30.5. The molecule has 2 saturated heterocycles. The van der Waals surface area contributed by atoms with Crippen LogP contribution in [-0.4, -0.2) is 142 Å². The first-order chi connectivity index (χ1) is 26.6. The lowest BCUT2D eigenvalue weighted by Gasteiger charge is -2.42. The van der Waals surface area contributed by atoms with E-state index in [2.05, 4.69) is 31.2 Å². The molecule has 0 bridgehead atoms. The van der Waals surface area contributed by atoms with E-state index in [0.29, 0.717) is 13.0 Å². The molecule has 0 saturated carbocycles. The summed E-state index contributed by atoms with van der Waals surface area (Å²) in [6.45, 7) is 3.44. The molecule has 2 fully saturated rings. The third-order valence-electron chi connectivity index (χ3n) is 9.96. The van der Waals surface area contributed by atoms with Gasteiger partial charge in [0.15, 0.2) is 12.6 Å². The van der Waals surface area contributed by atoms with Crippen LogP contribution in [0.4, 0.5) is 0 Å². The van der Waals surface area contributed by atoms with E-state index in [1.165, 1.54) is 57.8 Å². The highest BCUT2D eigenvalue weighted by Gasteiger charge is 2.47. The molecule has 0 aromatic heterocycles. The largest absolute Gasteiger partial charge is 0.457 e. The van der Waals surface area contributed by atoms with Crippen LogP contribution in [0, 0.1) is 0 Å². The standard InChI is InChI=1S/C41H74O14/c1-3-5-7-8-9-10-11-12-13-14-15-16-17-18-19-20-21-23-25-50-27-30(53-33(43)24-22-6-4-2)28-51-40-39(49)37(47)35(45)32(55-40)29-52-41-38(48)36(46)34(44)31(26-42)54-41/h9-10,12-13,30-32,34-42,44-49H,3-8,11,14-29H2,1-2H3/b10-9-,13-12-. The van der Waals surface area contributed by atoms with Gasteiger partial charge in [-0.15, -0.1) is 0 Å². The summed E-state index contributed by atoms with van der Waals surface area (Å²) >= 11 is 0. The molecule has 0 aromatic carbocycles. The number of rotatable bonds is 31. The van der Waals surface area contributed by atoms with Gasteiger partial charge in [0.25, 0.3) is 0 Å². The maximum absolute atomic E-state index is 12.6. The van der Waals surface area contributed by atoms with Gasteiger partial charge in [0, 0.05) is 13.0 Å². The molecule has 14 heteroatoms. The molecule has 11 unspecified atom stereocenters. The van der Waals surface area contributed by atoms with Crippen molar-refractivity contribution in [3.8, 4) is 0 Å². The predicted molar refractivity (Wildman–Crippen MR) is 206 cm³/mol. The second-order valence-corrected chi connectivity index (χ2v) is 14.8. The zero-order valence-corrected chi connectivity index (χ0v) is 33.4. The Hall–Kier alpha value is -1.53. The van der Waals surface area contributed by atoms with Crippen LogP contribution in [0.1, 0.15) is 129 Å². The number of unbranched alkanes of at least 4 members (excludes halogenated alkanes) is 13. The average molecular weight is 791 g/mol. The quantitative estimate of drug-likeness (QED) is 0.0303. The molecule has 2 aliphatic rings. The van der Waals surface area contributed by atoms with Crippen molar-refractivity contribution in [2.45, 2.75) is 197 Å². The van der Waals surface area contributed by atoms with Gasteiger partial charge in [-0.3, -0.25) is 4.79 Å². The highest BCUT2D eigenvalue weighted by molar-refractivity contribution is 5.69. The minimum Gasteiger partial charge on any atom is -0.457 e. The fourth-order valence-electron chi connectivity index (χ4n) is 6.43. The van der Waals surface area contributed by atoms with Crippen LogP contribution in [0.5, 0.6) is 0 Å².